The van der Waals surface area contributed by atoms with Crippen molar-refractivity contribution in [1.82, 2.24) is 16.0 Å². The summed E-state index contributed by atoms with van der Waals surface area (Å²) in [6.45, 7) is 6.36. The Bertz CT molecular complexity index is 682. The van der Waals surface area contributed by atoms with E-state index >= 15 is 0 Å². The van der Waals surface area contributed by atoms with Crippen molar-refractivity contribution in [1.29, 1.82) is 0 Å². The molecule has 1 aliphatic rings. The molecule has 1 atom stereocenters. The lowest BCUT2D eigenvalue weighted by Crippen LogP contribution is -2.39. The number of benzene rings is 1. The number of hydrogen-bond acceptors (Lipinski definition) is 4. The second kappa shape index (κ2) is 11.4. The van der Waals surface area contributed by atoms with Gasteiger partial charge in [0.05, 0.1) is 5.56 Å². The summed E-state index contributed by atoms with van der Waals surface area (Å²) in [7, 11) is 0. The highest BCUT2D eigenvalue weighted by atomic mass is 16.5. The fourth-order valence-electron chi connectivity index (χ4n) is 3.32. The second-order valence-corrected chi connectivity index (χ2v) is 7.98. The molecular formula is C22H33N3O4. The topological polar surface area (TPSA) is 96.5 Å². The highest BCUT2D eigenvalue weighted by Crippen LogP contribution is 2.22. The maximum atomic E-state index is 12.3. The van der Waals surface area contributed by atoms with Crippen LogP contribution in [0.25, 0.3) is 0 Å². The molecule has 0 bridgehead atoms. The standard InChI is InChI=1S/C22H33N3O4/c1-15(2)25-22(28)24-14-18-9-11-19(12-10-18)21(27)29-16(3)20(26)23-13-17-7-5-4-6-8-17/h9-12,15-17H,4-8,13-14H2,1-3H3,(H,23,26)(H2,24,25,28)/t16-/m0/s1. The predicted molar refractivity (Wildman–Crippen MR) is 111 cm³/mol. The van der Waals surface area contributed by atoms with Crippen molar-refractivity contribution in [3.8, 4) is 0 Å². The first-order valence-electron chi connectivity index (χ1n) is 10.5. The van der Waals surface area contributed by atoms with Gasteiger partial charge in [-0.25, -0.2) is 9.59 Å². The zero-order valence-corrected chi connectivity index (χ0v) is 17.6. The molecule has 1 saturated carbocycles. The Morgan fingerprint density at radius 3 is 2.28 bits per heavy atom. The Labute approximate surface area is 173 Å². The summed E-state index contributed by atoms with van der Waals surface area (Å²) in [6.07, 6.45) is 5.17. The van der Waals surface area contributed by atoms with Gasteiger partial charge < -0.3 is 20.7 Å². The van der Waals surface area contributed by atoms with Crippen LogP contribution in [-0.2, 0) is 16.1 Å². The molecule has 0 saturated heterocycles. The van der Waals surface area contributed by atoms with Gasteiger partial charge in [-0.2, -0.15) is 0 Å². The first-order valence-corrected chi connectivity index (χ1v) is 10.5. The summed E-state index contributed by atoms with van der Waals surface area (Å²) < 4.78 is 5.29. The van der Waals surface area contributed by atoms with Gasteiger partial charge in [0.15, 0.2) is 6.10 Å². The number of nitrogens with one attached hydrogen (secondary N) is 3. The minimum absolute atomic E-state index is 0.0639. The molecule has 1 aromatic rings. The third kappa shape index (κ3) is 8.13. The van der Waals surface area contributed by atoms with Crippen LogP contribution >= 0.6 is 0 Å². The zero-order valence-electron chi connectivity index (χ0n) is 17.6. The van der Waals surface area contributed by atoms with Crippen LogP contribution in [0.3, 0.4) is 0 Å². The van der Waals surface area contributed by atoms with Crippen molar-refractivity contribution in [3.05, 3.63) is 35.4 Å². The average molecular weight is 404 g/mol. The first kappa shape index (κ1) is 22.7. The molecule has 1 aliphatic carbocycles. The van der Waals surface area contributed by atoms with E-state index in [1.165, 1.54) is 19.3 Å². The van der Waals surface area contributed by atoms with Crippen molar-refractivity contribution >= 4 is 17.9 Å². The second-order valence-electron chi connectivity index (χ2n) is 7.98. The van der Waals surface area contributed by atoms with E-state index in [1.54, 1.807) is 31.2 Å². The lowest BCUT2D eigenvalue weighted by molar-refractivity contribution is -0.129. The van der Waals surface area contributed by atoms with E-state index in [-0.39, 0.29) is 18.0 Å². The summed E-state index contributed by atoms with van der Waals surface area (Å²) >= 11 is 0. The largest absolute Gasteiger partial charge is 0.449 e. The normalized spacial score (nSPS) is 15.4. The Balaban J connectivity index is 1.75. The molecule has 7 heteroatoms. The van der Waals surface area contributed by atoms with Crippen LogP contribution in [-0.4, -0.2) is 36.6 Å². The number of urea groups is 1. The van der Waals surface area contributed by atoms with Gasteiger partial charge in [-0.3, -0.25) is 4.79 Å². The molecule has 0 unspecified atom stereocenters. The number of carbonyl (C=O) groups excluding carboxylic acids is 3. The van der Waals surface area contributed by atoms with Crippen molar-refractivity contribution in [2.24, 2.45) is 5.92 Å². The van der Waals surface area contributed by atoms with Gasteiger partial charge in [0.1, 0.15) is 0 Å². The molecule has 7 nitrogen and oxygen atoms in total. The summed E-state index contributed by atoms with van der Waals surface area (Å²) in [6, 6.07) is 6.59. The van der Waals surface area contributed by atoms with E-state index in [0.29, 0.717) is 24.6 Å². The van der Waals surface area contributed by atoms with Crippen molar-refractivity contribution in [2.75, 3.05) is 6.54 Å². The van der Waals surface area contributed by atoms with Crippen LogP contribution in [0.1, 0.15) is 68.8 Å². The molecular weight excluding hydrogens is 370 g/mol. The highest BCUT2D eigenvalue weighted by Gasteiger charge is 2.21. The van der Waals surface area contributed by atoms with Gasteiger partial charge >= 0.3 is 12.0 Å². The first-order chi connectivity index (χ1) is 13.8. The molecule has 0 spiro atoms. The Morgan fingerprint density at radius 2 is 1.66 bits per heavy atom. The van der Waals surface area contributed by atoms with E-state index in [0.717, 1.165) is 18.4 Å². The molecule has 2 rings (SSSR count). The quantitative estimate of drug-likeness (QED) is 0.581. The molecule has 3 N–H and O–H groups in total. The Kier molecular flexibility index (Phi) is 8.96. The smallest absolute Gasteiger partial charge is 0.338 e. The van der Waals surface area contributed by atoms with Gasteiger partial charge in [-0.05, 0) is 57.2 Å². The van der Waals surface area contributed by atoms with E-state index in [1.807, 2.05) is 13.8 Å². The molecule has 0 aromatic heterocycles. The minimum atomic E-state index is -0.841. The molecule has 0 radical (unpaired) electrons. The van der Waals surface area contributed by atoms with Crippen molar-refractivity contribution < 1.29 is 19.1 Å². The molecule has 29 heavy (non-hydrogen) atoms. The van der Waals surface area contributed by atoms with Crippen LogP contribution in [0.2, 0.25) is 0 Å². The SMILES string of the molecule is CC(C)NC(=O)NCc1ccc(C(=O)O[C@@H](C)C(=O)NCC2CCCCC2)cc1. The highest BCUT2D eigenvalue weighted by molar-refractivity contribution is 5.92. The lowest BCUT2D eigenvalue weighted by atomic mass is 9.89. The Hall–Kier alpha value is -2.57. The van der Waals surface area contributed by atoms with Crippen LogP contribution < -0.4 is 16.0 Å². The number of ether oxygens (including phenoxy) is 1. The fourth-order valence-corrected chi connectivity index (χ4v) is 3.32. The summed E-state index contributed by atoms with van der Waals surface area (Å²) in [5.74, 6) is -0.275. The maximum absolute atomic E-state index is 12.3. The number of esters is 1. The lowest BCUT2D eigenvalue weighted by Gasteiger charge is -2.22. The molecule has 160 valence electrons. The summed E-state index contributed by atoms with van der Waals surface area (Å²) in [4.78, 5) is 36.1. The van der Waals surface area contributed by atoms with Crippen LogP contribution in [0.5, 0.6) is 0 Å². The van der Waals surface area contributed by atoms with E-state index in [9.17, 15) is 14.4 Å². The van der Waals surface area contributed by atoms with Gasteiger partial charge in [0, 0.05) is 19.1 Å². The predicted octanol–water partition coefficient (Wildman–Crippen LogP) is 3.14. The van der Waals surface area contributed by atoms with Crippen molar-refractivity contribution in [3.63, 3.8) is 0 Å². The fraction of sp³-hybridized carbons (Fsp3) is 0.591. The van der Waals surface area contributed by atoms with Crippen molar-refractivity contribution in [2.45, 2.75) is 71.6 Å². The van der Waals surface area contributed by atoms with E-state index in [2.05, 4.69) is 16.0 Å². The number of hydrogen-bond donors (Lipinski definition) is 3. The molecule has 1 fully saturated rings. The molecule has 1 aromatic carbocycles. The minimum Gasteiger partial charge on any atom is -0.449 e. The van der Waals surface area contributed by atoms with E-state index in [4.69, 9.17) is 4.74 Å². The van der Waals surface area contributed by atoms with Gasteiger partial charge in [-0.1, -0.05) is 31.4 Å². The van der Waals surface area contributed by atoms with Crippen LogP contribution in [0, 0.1) is 5.92 Å². The molecule has 0 aliphatic heterocycles. The number of rotatable bonds is 8. The van der Waals surface area contributed by atoms with Gasteiger partial charge in [0.25, 0.3) is 5.91 Å². The summed E-state index contributed by atoms with van der Waals surface area (Å²) in [5, 5.41) is 8.39. The maximum Gasteiger partial charge on any atom is 0.338 e. The third-order valence-electron chi connectivity index (χ3n) is 5.01. The number of carbonyl (C=O) groups is 3. The average Bonchev–Trinajstić information content (AvgIpc) is 2.71. The third-order valence-corrected chi connectivity index (χ3v) is 5.01. The molecule has 3 amide bonds. The van der Waals surface area contributed by atoms with Gasteiger partial charge in [-0.15, -0.1) is 0 Å². The monoisotopic (exact) mass is 403 g/mol. The van der Waals surface area contributed by atoms with Crippen LogP contribution in [0.15, 0.2) is 24.3 Å². The zero-order chi connectivity index (χ0) is 21.2. The van der Waals surface area contributed by atoms with E-state index < -0.39 is 12.1 Å². The van der Waals surface area contributed by atoms with Crippen LogP contribution in [0.4, 0.5) is 4.79 Å². The van der Waals surface area contributed by atoms with Gasteiger partial charge in [0.2, 0.25) is 0 Å². The summed E-state index contributed by atoms with van der Waals surface area (Å²) in [5.41, 5.74) is 1.23. The number of amides is 3. The Morgan fingerprint density at radius 1 is 1.00 bits per heavy atom. The molecule has 0 heterocycles.